The number of para-hydroxylation sites is 2. The fourth-order valence-corrected chi connectivity index (χ4v) is 9.72. The first-order chi connectivity index (χ1) is 27.8. The van der Waals surface area contributed by atoms with Gasteiger partial charge >= 0.3 is 0 Å². The van der Waals surface area contributed by atoms with Crippen LogP contribution in [0, 0.1) is 11.7 Å². The van der Waals surface area contributed by atoms with Gasteiger partial charge in [-0.15, -0.1) is 0 Å². The third-order valence-electron chi connectivity index (χ3n) is 12.2. The van der Waals surface area contributed by atoms with Crippen molar-refractivity contribution in [3.8, 4) is 17.1 Å². The molecule has 1 saturated heterocycles. The number of ether oxygens (including phenoxy) is 1. The number of allylic oxidation sites excluding steroid dienone is 1. The minimum atomic E-state index is -3.98. The van der Waals surface area contributed by atoms with Crippen molar-refractivity contribution in [3.05, 3.63) is 90.8 Å². The summed E-state index contributed by atoms with van der Waals surface area (Å²) in [5.41, 5.74) is 1.60. The van der Waals surface area contributed by atoms with Crippen molar-refractivity contribution >= 4 is 44.5 Å². The highest BCUT2D eigenvalue weighted by molar-refractivity contribution is 7.91. The number of fused-ring (bicyclic) bond motifs is 3. The molecule has 12 nitrogen and oxygen atoms in total. The Labute approximate surface area is 338 Å². The summed E-state index contributed by atoms with van der Waals surface area (Å²) in [6, 6.07) is 20.0. The number of nitrogens with one attached hydrogen (secondary N) is 3. The Kier molecular flexibility index (Phi) is 10.6. The average molecular weight is 811 g/mol. The van der Waals surface area contributed by atoms with Gasteiger partial charge in [-0.3, -0.25) is 23.7 Å². The van der Waals surface area contributed by atoms with Gasteiger partial charge in [0, 0.05) is 35.2 Å². The largest absolute Gasteiger partial charge is 0.459 e. The van der Waals surface area contributed by atoms with E-state index in [1.165, 1.54) is 11.0 Å². The summed E-state index contributed by atoms with van der Waals surface area (Å²) in [7, 11) is -3.98. The van der Waals surface area contributed by atoms with Crippen molar-refractivity contribution in [3.63, 3.8) is 0 Å². The number of sulfonamides is 1. The van der Waals surface area contributed by atoms with Gasteiger partial charge in [0.1, 0.15) is 35.1 Å². The van der Waals surface area contributed by atoms with Gasteiger partial charge in [-0.2, -0.15) is 4.98 Å². The van der Waals surface area contributed by atoms with Crippen molar-refractivity contribution in [2.24, 2.45) is 5.92 Å². The number of hydrogen-bond acceptors (Lipinski definition) is 8. The molecule has 306 valence electrons. The molecule has 14 heteroatoms. The van der Waals surface area contributed by atoms with E-state index in [0.29, 0.717) is 35.9 Å². The van der Waals surface area contributed by atoms with Crippen LogP contribution >= 0.6 is 0 Å². The monoisotopic (exact) mass is 810 g/mol. The van der Waals surface area contributed by atoms with Crippen LogP contribution in [0.5, 0.6) is 6.01 Å². The first-order valence-electron chi connectivity index (χ1n) is 20.4. The lowest BCUT2D eigenvalue weighted by Crippen LogP contribution is -2.58. The molecule has 3 aromatic carbocycles. The van der Waals surface area contributed by atoms with Gasteiger partial charge in [-0.1, -0.05) is 73.5 Å². The third-order valence-corrected chi connectivity index (χ3v) is 14.4. The van der Waals surface area contributed by atoms with Crippen LogP contribution in [0.2, 0.25) is 0 Å². The van der Waals surface area contributed by atoms with E-state index < -0.39 is 56.2 Å². The van der Waals surface area contributed by atoms with Crippen molar-refractivity contribution in [1.82, 2.24) is 24.5 Å². The van der Waals surface area contributed by atoms with E-state index in [9.17, 15) is 22.8 Å². The number of halogens is 1. The summed E-state index contributed by atoms with van der Waals surface area (Å²) < 4.78 is 51.4. The standard InChI is InChI=1S/C44H51FN6O6S/c1-28(2)51-36-22-14-19-33(32-18-12-13-20-34(32)45)38(36)47-42(51)57-31-25-37-39(52)48-44(41(54)49-58(55,56)43(3)23-24-43)26-29(44)15-8-5-4-6-11-21-35(40(53)50(37)27-31)46-30-16-9-7-10-17-30/h7-10,12-20,22,28-29,31,35,37,46H,4-6,11,21,23-27H2,1-3H3,(H,48,52)(H,49,54)/b15-8-/t29-,31+,35-,37-,44+/m0/s1. The number of nitrogens with zero attached hydrogens (tertiary/aromatic N) is 3. The van der Waals surface area contributed by atoms with E-state index in [4.69, 9.17) is 9.72 Å². The molecule has 3 amide bonds. The van der Waals surface area contributed by atoms with Gasteiger partial charge in [0.15, 0.2) is 0 Å². The zero-order valence-electron chi connectivity index (χ0n) is 33.1. The van der Waals surface area contributed by atoms with E-state index in [0.717, 1.165) is 36.9 Å². The topological polar surface area (TPSA) is 152 Å². The number of benzene rings is 3. The minimum Gasteiger partial charge on any atom is -0.459 e. The van der Waals surface area contributed by atoms with Gasteiger partial charge in [-0.25, -0.2) is 12.8 Å². The Morgan fingerprint density at radius 2 is 1.72 bits per heavy atom. The highest BCUT2D eigenvalue weighted by Gasteiger charge is 2.63. The predicted octanol–water partition coefficient (Wildman–Crippen LogP) is 6.65. The molecule has 0 spiro atoms. The molecule has 8 rings (SSSR count). The highest BCUT2D eigenvalue weighted by atomic mass is 32.2. The van der Waals surface area contributed by atoms with Crippen molar-refractivity contribution in [1.29, 1.82) is 0 Å². The highest BCUT2D eigenvalue weighted by Crippen LogP contribution is 2.47. The van der Waals surface area contributed by atoms with Gasteiger partial charge in [-0.05, 0) is 83.6 Å². The Morgan fingerprint density at radius 3 is 2.47 bits per heavy atom. The minimum absolute atomic E-state index is 0.0562. The lowest BCUT2D eigenvalue weighted by Gasteiger charge is -2.30. The molecule has 0 unspecified atom stereocenters. The third kappa shape index (κ3) is 7.58. The van der Waals surface area contributed by atoms with E-state index in [1.54, 1.807) is 25.1 Å². The first kappa shape index (κ1) is 39.6. The van der Waals surface area contributed by atoms with E-state index in [1.807, 2.05) is 79.1 Å². The Balaban J connectivity index is 1.14. The molecular weight excluding hydrogens is 760 g/mol. The summed E-state index contributed by atoms with van der Waals surface area (Å²) in [6.07, 6.45) is 8.22. The van der Waals surface area contributed by atoms with Gasteiger partial charge < -0.3 is 20.3 Å². The maximum atomic E-state index is 15.1. The van der Waals surface area contributed by atoms with Crippen molar-refractivity contribution in [2.75, 3.05) is 11.9 Å². The molecule has 4 aliphatic rings. The van der Waals surface area contributed by atoms with Gasteiger partial charge in [0.25, 0.3) is 11.9 Å². The van der Waals surface area contributed by atoms with E-state index in [-0.39, 0.29) is 43.2 Å². The zero-order chi connectivity index (χ0) is 40.8. The smallest absolute Gasteiger partial charge is 0.297 e. The summed E-state index contributed by atoms with van der Waals surface area (Å²) in [6.45, 7) is 5.65. The molecule has 0 bridgehead atoms. The van der Waals surface area contributed by atoms with Crippen molar-refractivity contribution in [2.45, 2.75) is 113 Å². The molecule has 1 aromatic heterocycles. The number of carbonyl (C=O) groups is 3. The lowest BCUT2D eigenvalue weighted by molar-refractivity contribution is -0.140. The SMILES string of the molecule is CC(C)n1c(O[C@@H]2C[C@H]3C(=O)N[C@]4(C(=O)NS(=O)(=O)C5(C)CC5)C[C@@H]4/C=C\CCCCC[C@H](Nc4ccccc4)C(=O)N3C2)nc2c(-c3ccccc3F)cccc21. The number of aromatic nitrogens is 2. The van der Waals surface area contributed by atoms with Gasteiger partial charge in [0.05, 0.1) is 16.8 Å². The van der Waals surface area contributed by atoms with Crippen LogP contribution < -0.4 is 20.1 Å². The Morgan fingerprint density at radius 1 is 0.983 bits per heavy atom. The molecule has 4 aromatic rings. The molecule has 3 heterocycles. The summed E-state index contributed by atoms with van der Waals surface area (Å²) >= 11 is 0. The van der Waals surface area contributed by atoms with Crippen LogP contribution in [0.4, 0.5) is 10.1 Å². The maximum Gasteiger partial charge on any atom is 0.297 e. The maximum absolute atomic E-state index is 15.1. The second kappa shape index (κ2) is 15.5. The normalized spacial score (nSPS) is 26.5. The van der Waals surface area contributed by atoms with Gasteiger partial charge in [0.2, 0.25) is 21.8 Å². The van der Waals surface area contributed by atoms with Crippen LogP contribution in [0.1, 0.15) is 84.6 Å². The summed E-state index contributed by atoms with van der Waals surface area (Å²) in [4.78, 5) is 49.8. The predicted molar refractivity (Wildman–Crippen MR) is 220 cm³/mol. The van der Waals surface area contributed by atoms with Crippen LogP contribution in [0.15, 0.2) is 84.9 Å². The molecule has 2 aliphatic carbocycles. The molecule has 3 fully saturated rings. The molecule has 58 heavy (non-hydrogen) atoms. The quantitative estimate of drug-likeness (QED) is 0.159. The lowest BCUT2D eigenvalue weighted by atomic mass is 10.0. The Hall–Kier alpha value is -5.24. The van der Waals surface area contributed by atoms with Crippen LogP contribution in [-0.4, -0.2) is 75.6 Å². The Bertz CT molecular complexity index is 2360. The molecule has 0 radical (unpaired) electrons. The number of hydrogen-bond donors (Lipinski definition) is 3. The molecule has 3 N–H and O–H groups in total. The number of imidazole rings is 1. The van der Waals surface area contributed by atoms with Crippen LogP contribution in [-0.2, 0) is 24.4 Å². The summed E-state index contributed by atoms with van der Waals surface area (Å²) in [5.74, 6) is -2.40. The number of rotatable bonds is 9. The number of anilines is 1. The average Bonchev–Trinajstić information content (AvgIpc) is 4.02. The second-order valence-electron chi connectivity index (χ2n) is 16.8. The van der Waals surface area contributed by atoms with Crippen molar-refractivity contribution < 1.29 is 31.9 Å². The molecule has 2 aliphatic heterocycles. The zero-order valence-corrected chi connectivity index (χ0v) is 33.9. The van der Waals surface area contributed by atoms with E-state index in [2.05, 4.69) is 15.4 Å². The fraction of sp³-hybridized carbons (Fsp3) is 0.455. The molecular formula is C44H51FN6O6S. The molecule has 5 atom stereocenters. The fourth-order valence-electron chi connectivity index (χ4n) is 8.41. The first-order valence-corrected chi connectivity index (χ1v) is 21.9. The summed E-state index contributed by atoms with van der Waals surface area (Å²) in [5, 5.41) is 6.38. The van der Waals surface area contributed by atoms with Crippen LogP contribution in [0.25, 0.3) is 22.2 Å². The van der Waals surface area contributed by atoms with E-state index >= 15 is 4.39 Å². The van der Waals surface area contributed by atoms with Crippen LogP contribution in [0.3, 0.4) is 0 Å². The second-order valence-corrected chi connectivity index (χ2v) is 19.0. The number of carbonyl (C=O) groups excluding carboxylic acids is 3. The molecule has 2 saturated carbocycles. The number of amides is 3.